The third-order valence-electron chi connectivity index (χ3n) is 1.56. The van der Waals surface area contributed by atoms with Crippen molar-refractivity contribution in [1.29, 1.82) is 0 Å². The largest absolute Gasteiger partial charge is 0.239 e. The normalized spacial score (nSPS) is 8.67. The smallest absolute Gasteiger partial charge is 0.182 e. The second-order valence-corrected chi connectivity index (χ2v) is 2.29. The van der Waals surface area contributed by atoms with E-state index in [2.05, 4.69) is 9.69 Å². The first-order chi connectivity index (χ1) is 5.69. The van der Waals surface area contributed by atoms with Crippen LogP contribution < -0.4 is 0 Å². The fourth-order valence-electron chi connectivity index (χ4n) is 0.883. The Bertz CT molecular complexity index is 361. The molecule has 0 N–H and O–H groups in total. The van der Waals surface area contributed by atoms with Crippen LogP contribution >= 0.6 is 0 Å². The molecule has 0 saturated carbocycles. The average molecular weight is 160 g/mol. The van der Waals surface area contributed by atoms with Crippen LogP contribution in [0.3, 0.4) is 0 Å². The molecule has 0 bridgehead atoms. The zero-order valence-corrected chi connectivity index (χ0v) is 6.43. The van der Waals surface area contributed by atoms with Crippen molar-refractivity contribution in [2.24, 2.45) is 0 Å². The first kappa shape index (κ1) is 8.23. The number of benzene rings is 1. The van der Waals surface area contributed by atoms with Gasteiger partial charge in [-0.3, -0.25) is 0 Å². The van der Waals surface area contributed by atoms with Crippen LogP contribution in [-0.2, 0) is 0 Å². The van der Waals surface area contributed by atoms with E-state index in [1.165, 1.54) is 0 Å². The molecular weight excluding hydrogens is 155 g/mol. The van der Waals surface area contributed by atoms with Crippen LogP contribution in [0, 0.1) is 25.9 Å². The van der Waals surface area contributed by atoms with E-state index in [1.54, 1.807) is 6.92 Å². The van der Waals surface area contributed by atoms with E-state index in [4.69, 9.17) is 13.1 Å². The van der Waals surface area contributed by atoms with E-state index in [9.17, 15) is 4.39 Å². The van der Waals surface area contributed by atoms with Crippen molar-refractivity contribution in [1.82, 2.24) is 0 Å². The summed E-state index contributed by atoms with van der Waals surface area (Å²) >= 11 is 0. The summed E-state index contributed by atoms with van der Waals surface area (Å²) in [7, 11) is 0. The van der Waals surface area contributed by atoms with Gasteiger partial charge in [0.2, 0.25) is 0 Å². The van der Waals surface area contributed by atoms with E-state index in [0.29, 0.717) is 5.56 Å². The van der Waals surface area contributed by atoms with Gasteiger partial charge in [-0.05, 0) is 17.7 Å². The highest BCUT2D eigenvalue weighted by atomic mass is 19.1. The van der Waals surface area contributed by atoms with E-state index < -0.39 is 5.82 Å². The van der Waals surface area contributed by atoms with E-state index in [-0.39, 0.29) is 11.4 Å². The van der Waals surface area contributed by atoms with Gasteiger partial charge in [-0.15, -0.1) is 0 Å². The highest BCUT2D eigenvalue weighted by molar-refractivity contribution is 5.66. The molecule has 1 aromatic carbocycles. The highest BCUT2D eigenvalue weighted by Gasteiger charge is 2.05. The van der Waals surface area contributed by atoms with Gasteiger partial charge >= 0.3 is 0 Å². The Morgan fingerprint density at radius 1 is 1.17 bits per heavy atom. The van der Waals surface area contributed by atoms with Gasteiger partial charge in [-0.1, -0.05) is 6.92 Å². The summed E-state index contributed by atoms with van der Waals surface area (Å²) in [6.45, 7) is 15.1. The fraction of sp³-hybridized carbons (Fsp3) is 0.111. The molecule has 12 heavy (non-hydrogen) atoms. The standard InChI is InChI=1S/C9H5FN2/c1-6-8(11-2)4-7(10)5-9(6)12-3/h4-5H,1H3. The van der Waals surface area contributed by atoms with Gasteiger partial charge in [0, 0.05) is 0 Å². The van der Waals surface area contributed by atoms with Crippen LogP contribution in [0.1, 0.15) is 5.56 Å². The lowest BCUT2D eigenvalue weighted by molar-refractivity contribution is 0.629. The first-order valence-corrected chi connectivity index (χ1v) is 3.24. The summed E-state index contributed by atoms with van der Waals surface area (Å²) in [6, 6.07) is 2.27. The molecule has 0 aliphatic rings. The number of nitrogens with zero attached hydrogens (tertiary/aromatic N) is 2. The quantitative estimate of drug-likeness (QED) is 0.515. The first-order valence-electron chi connectivity index (χ1n) is 3.24. The van der Waals surface area contributed by atoms with Gasteiger partial charge in [0.25, 0.3) is 0 Å². The molecule has 0 spiro atoms. The maximum atomic E-state index is 12.7. The molecule has 0 saturated heterocycles. The molecule has 0 fully saturated rings. The molecule has 2 nitrogen and oxygen atoms in total. The van der Waals surface area contributed by atoms with Crippen LogP contribution in [0.5, 0.6) is 0 Å². The minimum Gasteiger partial charge on any atom is -0.239 e. The van der Waals surface area contributed by atoms with Crippen molar-refractivity contribution < 1.29 is 4.39 Å². The molecular formula is C9H5FN2. The maximum Gasteiger partial charge on any atom is 0.182 e. The molecule has 1 rings (SSSR count). The molecule has 3 heteroatoms. The zero-order valence-electron chi connectivity index (χ0n) is 6.43. The van der Waals surface area contributed by atoms with E-state index >= 15 is 0 Å². The number of halogens is 1. The van der Waals surface area contributed by atoms with E-state index in [0.717, 1.165) is 12.1 Å². The van der Waals surface area contributed by atoms with Crippen molar-refractivity contribution in [3.63, 3.8) is 0 Å². The molecule has 0 aliphatic heterocycles. The number of hydrogen-bond acceptors (Lipinski definition) is 0. The van der Waals surface area contributed by atoms with Gasteiger partial charge in [-0.25, -0.2) is 14.1 Å². The Hall–Kier alpha value is -1.87. The Labute approximate surface area is 69.9 Å². The molecule has 0 atom stereocenters. The highest BCUT2D eigenvalue weighted by Crippen LogP contribution is 2.29. The zero-order chi connectivity index (χ0) is 9.14. The SMILES string of the molecule is [C-]#[N+]c1cc(F)cc([N+]#[C-])c1C. The van der Waals surface area contributed by atoms with Crippen LogP contribution in [-0.4, -0.2) is 0 Å². The van der Waals surface area contributed by atoms with Crippen molar-refractivity contribution >= 4 is 11.4 Å². The van der Waals surface area contributed by atoms with Crippen molar-refractivity contribution in [2.45, 2.75) is 6.92 Å². The predicted octanol–water partition coefficient (Wildman–Crippen LogP) is 3.24. The summed E-state index contributed by atoms with van der Waals surface area (Å²) in [5.41, 5.74) is 0.961. The predicted molar refractivity (Wildman–Crippen MR) is 43.7 cm³/mol. The summed E-state index contributed by atoms with van der Waals surface area (Å²) < 4.78 is 12.7. The summed E-state index contributed by atoms with van der Waals surface area (Å²) in [5.74, 6) is -0.530. The van der Waals surface area contributed by atoms with Crippen LogP contribution in [0.25, 0.3) is 9.69 Å². The van der Waals surface area contributed by atoms with Gasteiger partial charge in [0.05, 0.1) is 13.1 Å². The summed E-state index contributed by atoms with van der Waals surface area (Å²) in [4.78, 5) is 6.21. The minimum absolute atomic E-state index is 0.209. The van der Waals surface area contributed by atoms with Gasteiger partial charge < -0.3 is 0 Å². The molecule has 0 amide bonds. The molecule has 0 aliphatic carbocycles. The van der Waals surface area contributed by atoms with Gasteiger partial charge in [-0.2, -0.15) is 0 Å². The lowest BCUT2D eigenvalue weighted by Gasteiger charge is -1.99. The molecule has 0 unspecified atom stereocenters. The fourth-order valence-corrected chi connectivity index (χ4v) is 0.883. The van der Waals surface area contributed by atoms with Crippen molar-refractivity contribution in [2.75, 3.05) is 0 Å². The van der Waals surface area contributed by atoms with Crippen LogP contribution in [0.2, 0.25) is 0 Å². The maximum absolute atomic E-state index is 12.7. The second kappa shape index (κ2) is 3.02. The Kier molecular flexibility index (Phi) is 2.07. The molecule has 0 heterocycles. The minimum atomic E-state index is -0.530. The topological polar surface area (TPSA) is 8.72 Å². The van der Waals surface area contributed by atoms with Crippen LogP contribution in [0.15, 0.2) is 12.1 Å². The Morgan fingerprint density at radius 3 is 1.92 bits per heavy atom. The number of rotatable bonds is 0. The lowest BCUT2D eigenvalue weighted by atomic mass is 10.1. The molecule has 1 aromatic rings. The second-order valence-electron chi connectivity index (χ2n) is 2.29. The third kappa shape index (κ3) is 1.26. The van der Waals surface area contributed by atoms with Crippen molar-refractivity contribution in [3.8, 4) is 0 Å². The third-order valence-corrected chi connectivity index (χ3v) is 1.56. The lowest BCUT2D eigenvalue weighted by Crippen LogP contribution is -1.77. The monoisotopic (exact) mass is 160 g/mol. The molecule has 0 aromatic heterocycles. The molecule has 58 valence electrons. The summed E-state index contributed by atoms with van der Waals surface area (Å²) in [6.07, 6.45) is 0. The van der Waals surface area contributed by atoms with Gasteiger partial charge in [0.1, 0.15) is 5.82 Å². The van der Waals surface area contributed by atoms with E-state index in [1.807, 2.05) is 0 Å². The average Bonchev–Trinajstić information content (AvgIpc) is 2.08. The number of hydrogen-bond donors (Lipinski definition) is 0. The van der Waals surface area contributed by atoms with Crippen molar-refractivity contribution in [3.05, 3.63) is 46.3 Å². The Morgan fingerprint density at radius 2 is 1.58 bits per heavy atom. The molecule has 0 radical (unpaired) electrons. The van der Waals surface area contributed by atoms with Crippen LogP contribution in [0.4, 0.5) is 15.8 Å². The van der Waals surface area contributed by atoms with Gasteiger partial charge in [0.15, 0.2) is 11.4 Å². The Balaban J connectivity index is 3.48. The summed E-state index contributed by atoms with van der Waals surface area (Å²) in [5, 5.41) is 0.